The molecule has 0 saturated heterocycles. The van der Waals surface area contributed by atoms with E-state index in [2.05, 4.69) is 15.3 Å². The molecule has 1 unspecified atom stereocenters. The van der Waals surface area contributed by atoms with Gasteiger partial charge in [0, 0.05) is 5.02 Å². The number of hydrogen-bond acceptors (Lipinski definition) is 3. The minimum Gasteiger partial charge on any atom is -0.368 e. The number of hydrogen-bond donors (Lipinski definition) is 4. The lowest BCUT2D eigenvalue weighted by Crippen LogP contribution is -2.38. The molecule has 1 atom stereocenters. The van der Waals surface area contributed by atoms with Crippen molar-refractivity contribution in [2.45, 2.75) is 12.5 Å². The summed E-state index contributed by atoms with van der Waals surface area (Å²) in [7, 11) is 0. The fraction of sp³-hybridized carbons (Fsp3) is 0.118. The second-order valence-corrected chi connectivity index (χ2v) is 6.03. The molecule has 25 heavy (non-hydrogen) atoms. The van der Waals surface area contributed by atoms with Gasteiger partial charge in [0.05, 0.1) is 17.5 Å². The molecular formula is C17H15ClN4O3. The largest absolute Gasteiger partial charge is 0.368 e. The van der Waals surface area contributed by atoms with Crippen LogP contribution in [-0.4, -0.2) is 21.8 Å². The molecule has 0 aliphatic carbocycles. The number of carbonyl (C=O) groups is 2. The highest BCUT2D eigenvalue weighted by molar-refractivity contribution is 6.30. The van der Waals surface area contributed by atoms with Crippen molar-refractivity contribution in [1.29, 1.82) is 0 Å². The number of H-pyrrole nitrogens is 2. The molecule has 0 bridgehead atoms. The van der Waals surface area contributed by atoms with Gasteiger partial charge in [0.1, 0.15) is 6.04 Å². The van der Waals surface area contributed by atoms with Crippen LogP contribution in [0.25, 0.3) is 11.0 Å². The number of amides is 2. The van der Waals surface area contributed by atoms with Crippen molar-refractivity contribution in [2.24, 2.45) is 5.73 Å². The highest BCUT2D eigenvalue weighted by Crippen LogP contribution is 2.17. The van der Waals surface area contributed by atoms with Crippen LogP contribution in [0.1, 0.15) is 17.2 Å². The molecule has 0 aliphatic rings. The highest BCUT2D eigenvalue weighted by atomic mass is 35.5. The normalized spacial score (nSPS) is 12.0. The van der Waals surface area contributed by atoms with Gasteiger partial charge in [0.15, 0.2) is 0 Å². The van der Waals surface area contributed by atoms with E-state index < -0.39 is 11.9 Å². The molecule has 0 aliphatic heterocycles. The van der Waals surface area contributed by atoms with Gasteiger partial charge in [0.2, 0.25) is 11.8 Å². The maximum absolute atomic E-state index is 12.3. The van der Waals surface area contributed by atoms with E-state index >= 15 is 0 Å². The van der Waals surface area contributed by atoms with E-state index in [4.69, 9.17) is 17.3 Å². The Morgan fingerprint density at radius 1 is 1.08 bits per heavy atom. The molecule has 128 valence electrons. The van der Waals surface area contributed by atoms with Gasteiger partial charge in [-0.3, -0.25) is 9.59 Å². The minimum absolute atomic E-state index is 0.0422. The summed E-state index contributed by atoms with van der Waals surface area (Å²) in [6.07, 6.45) is 0.0422. The molecule has 1 aromatic heterocycles. The standard InChI is InChI=1S/C17H15ClN4O3/c18-11-4-2-10(3-5-11)15(16(19)24)22-14(23)8-9-1-6-12-13(7-9)21-17(25)20-12/h1-7,15H,8H2,(H2,19,24)(H,22,23)(H2,20,21,25). The van der Waals surface area contributed by atoms with Crippen LogP contribution >= 0.6 is 11.6 Å². The predicted molar refractivity (Wildman–Crippen MR) is 94.2 cm³/mol. The topological polar surface area (TPSA) is 121 Å². The quantitative estimate of drug-likeness (QED) is 0.551. The van der Waals surface area contributed by atoms with Crippen LogP contribution in [0, 0.1) is 0 Å². The maximum Gasteiger partial charge on any atom is 0.323 e. The van der Waals surface area contributed by atoms with Crippen LogP contribution < -0.4 is 16.7 Å². The van der Waals surface area contributed by atoms with E-state index in [1.54, 1.807) is 42.5 Å². The summed E-state index contributed by atoms with van der Waals surface area (Å²) in [5.41, 5.74) is 7.60. The zero-order valence-electron chi connectivity index (χ0n) is 13.0. The molecule has 0 spiro atoms. The predicted octanol–water partition coefficient (Wildman–Crippen LogP) is 1.39. The molecule has 0 radical (unpaired) electrons. The van der Waals surface area contributed by atoms with Crippen molar-refractivity contribution in [3.63, 3.8) is 0 Å². The highest BCUT2D eigenvalue weighted by Gasteiger charge is 2.20. The number of aromatic amines is 2. The molecule has 0 saturated carbocycles. The molecule has 8 heteroatoms. The molecule has 2 amide bonds. The first-order chi connectivity index (χ1) is 11.9. The molecule has 2 aromatic carbocycles. The maximum atomic E-state index is 12.3. The summed E-state index contributed by atoms with van der Waals surface area (Å²) < 4.78 is 0. The molecule has 1 heterocycles. The second-order valence-electron chi connectivity index (χ2n) is 5.59. The van der Waals surface area contributed by atoms with Crippen molar-refractivity contribution >= 4 is 34.4 Å². The summed E-state index contributed by atoms with van der Waals surface area (Å²) in [6, 6.07) is 10.7. The minimum atomic E-state index is -0.944. The van der Waals surface area contributed by atoms with Crippen LogP contribution in [0.2, 0.25) is 5.02 Å². The average Bonchev–Trinajstić information content (AvgIpc) is 2.92. The molecule has 0 fully saturated rings. The lowest BCUT2D eigenvalue weighted by atomic mass is 10.1. The average molecular weight is 359 g/mol. The number of fused-ring (bicyclic) bond motifs is 1. The van der Waals surface area contributed by atoms with Gasteiger partial charge in [-0.15, -0.1) is 0 Å². The first-order valence-corrected chi connectivity index (χ1v) is 7.85. The summed E-state index contributed by atoms with van der Waals surface area (Å²) in [5.74, 6) is -1.03. The number of rotatable bonds is 5. The van der Waals surface area contributed by atoms with Gasteiger partial charge < -0.3 is 21.0 Å². The number of carbonyl (C=O) groups excluding carboxylic acids is 2. The Bertz CT molecular complexity index is 991. The van der Waals surface area contributed by atoms with Gasteiger partial charge in [-0.05, 0) is 35.4 Å². The Morgan fingerprint density at radius 2 is 1.76 bits per heavy atom. The number of halogens is 1. The molecule has 5 N–H and O–H groups in total. The van der Waals surface area contributed by atoms with E-state index in [0.29, 0.717) is 27.2 Å². The van der Waals surface area contributed by atoms with Gasteiger partial charge >= 0.3 is 5.69 Å². The summed E-state index contributed by atoms with van der Waals surface area (Å²) in [6.45, 7) is 0. The van der Waals surface area contributed by atoms with Gasteiger partial charge in [-0.2, -0.15) is 0 Å². The SMILES string of the molecule is NC(=O)C(NC(=O)Cc1ccc2[nH]c(=O)[nH]c2c1)c1ccc(Cl)cc1. The number of primary amides is 1. The first-order valence-electron chi connectivity index (χ1n) is 7.47. The Kier molecular flexibility index (Phi) is 4.58. The number of nitrogens with two attached hydrogens (primary N) is 1. The summed E-state index contributed by atoms with van der Waals surface area (Å²) in [5, 5.41) is 3.14. The monoisotopic (exact) mass is 358 g/mol. The van der Waals surface area contributed by atoms with E-state index in [1.165, 1.54) is 0 Å². The van der Waals surface area contributed by atoms with E-state index in [0.717, 1.165) is 0 Å². The zero-order valence-corrected chi connectivity index (χ0v) is 13.8. The number of nitrogens with one attached hydrogen (secondary N) is 3. The Balaban J connectivity index is 1.75. The third kappa shape index (κ3) is 3.89. The van der Waals surface area contributed by atoms with Gasteiger partial charge in [-0.25, -0.2) is 4.79 Å². The van der Waals surface area contributed by atoms with Gasteiger partial charge in [-0.1, -0.05) is 29.8 Å². The molecular weight excluding hydrogens is 344 g/mol. The lowest BCUT2D eigenvalue weighted by Gasteiger charge is -2.16. The Hall–Kier alpha value is -3.06. The van der Waals surface area contributed by atoms with Crippen LogP contribution in [0.4, 0.5) is 0 Å². The van der Waals surface area contributed by atoms with E-state index in [1.807, 2.05) is 0 Å². The van der Waals surface area contributed by atoms with Crippen LogP contribution in [0.5, 0.6) is 0 Å². The fourth-order valence-electron chi connectivity index (χ4n) is 2.56. The van der Waals surface area contributed by atoms with Crippen molar-refractivity contribution in [3.8, 4) is 0 Å². The van der Waals surface area contributed by atoms with Crippen molar-refractivity contribution in [2.75, 3.05) is 0 Å². The third-order valence-corrected chi connectivity index (χ3v) is 3.99. The first kappa shape index (κ1) is 16.8. The van der Waals surface area contributed by atoms with Crippen molar-refractivity contribution < 1.29 is 9.59 Å². The van der Waals surface area contributed by atoms with E-state index in [-0.39, 0.29) is 18.0 Å². The van der Waals surface area contributed by atoms with Gasteiger partial charge in [0.25, 0.3) is 0 Å². The van der Waals surface area contributed by atoms with Crippen LogP contribution in [-0.2, 0) is 16.0 Å². The van der Waals surface area contributed by atoms with Crippen LogP contribution in [0.15, 0.2) is 47.3 Å². The number of imidazole rings is 1. The van der Waals surface area contributed by atoms with Crippen LogP contribution in [0.3, 0.4) is 0 Å². The third-order valence-electron chi connectivity index (χ3n) is 3.74. The summed E-state index contributed by atoms with van der Waals surface area (Å²) in [4.78, 5) is 40.5. The second kappa shape index (κ2) is 6.82. The smallest absolute Gasteiger partial charge is 0.323 e. The fourth-order valence-corrected chi connectivity index (χ4v) is 2.69. The molecule has 7 nitrogen and oxygen atoms in total. The number of aromatic nitrogens is 2. The zero-order chi connectivity index (χ0) is 18.0. The number of benzene rings is 2. The van der Waals surface area contributed by atoms with Crippen molar-refractivity contribution in [3.05, 3.63) is 69.1 Å². The summed E-state index contributed by atoms with van der Waals surface area (Å²) >= 11 is 5.83. The Labute approximate surface area is 147 Å². The molecule has 3 rings (SSSR count). The van der Waals surface area contributed by atoms with Crippen molar-refractivity contribution in [1.82, 2.24) is 15.3 Å². The van der Waals surface area contributed by atoms with E-state index in [9.17, 15) is 14.4 Å². The molecule has 3 aromatic rings. The Morgan fingerprint density at radius 3 is 2.44 bits per heavy atom. The lowest BCUT2D eigenvalue weighted by molar-refractivity contribution is -0.127.